The first kappa shape index (κ1) is 23.1. The second-order valence-electron chi connectivity index (χ2n) is 7.44. The molecule has 0 saturated carbocycles. The van der Waals surface area contributed by atoms with Crippen LogP contribution in [0.3, 0.4) is 0 Å². The molecule has 33 heavy (non-hydrogen) atoms. The second kappa shape index (κ2) is 9.40. The average Bonchev–Trinajstić information content (AvgIpc) is 3.40. The number of nitrogens with two attached hydrogens (primary N) is 1. The predicted molar refractivity (Wildman–Crippen MR) is 124 cm³/mol. The van der Waals surface area contributed by atoms with Gasteiger partial charge in [-0.05, 0) is 36.2 Å². The van der Waals surface area contributed by atoms with E-state index in [4.69, 9.17) is 17.3 Å². The molecule has 2 aromatic carbocycles. The van der Waals surface area contributed by atoms with Gasteiger partial charge in [0.15, 0.2) is 5.78 Å². The van der Waals surface area contributed by atoms with Crippen molar-refractivity contribution < 1.29 is 23.2 Å². The number of hydrogen-bond donors (Lipinski definition) is 2. The van der Waals surface area contributed by atoms with Gasteiger partial charge in [0.25, 0.3) is 0 Å². The van der Waals surface area contributed by atoms with Crippen LogP contribution in [0.1, 0.15) is 12.0 Å². The summed E-state index contributed by atoms with van der Waals surface area (Å²) in [5.41, 5.74) is 6.23. The van der Waals surface area contributed by atoms with Crippen molar-refractivity contribution in [2.24, 2.45) is 5.73 Å². The lowest BCUT2D eigenvalue weighted by Crippen LogP contribution is -2.42. The summed E-state index contributed by atoms with van der Waals surface area (Å²) in [4.78, 5) is 38.9. The van der Waals surface area contributed by atoms with Crippen molar-refractivity contribution in [1.82, 2.24) is 9.47 Å². The Morgan fingerprint density at radius 2 is 2.00 bits per heavy atom. The zero-order valence-corrected chi connectivity index (χ0v) is 18.8. The van der Waals surface area contributed by atoms with E-state index in [2.05, 4.69) is 5.32 Å². The number of hydrogen-bond acceptors (Lipinski definition) is 4. The van der Waals surface area contributed by atoms with Gasteiger partial charge in [-0.3, -0.25) is 9.36 Å². The summed E-state index contributed by atoms with van der Waals surface area (Å²) in [6.07, 6.45) is 1.50. The Morgan fingerprint density at radius 1 is 1.21 bits per heavy atom. The molecule has 0 unspecified atom stereocenters. The van der Waals surface area contributed by atoms with Crippen LogP contribution in [0, 0.1) is 11.6 Å². The number of fused-ring (bicyclic) bond motifs is 1. The monoisotopic (exact) mass is 492 g/mol. The number of aromatic nitrogens is 1. The predicted octanol–water partition coefficient (Wildman–Crippen LogP) is 4.61. The van der Waals surface area contributed by atoms with Gasteiger partial charge >= 0.3 is 12.1 Å². The zero-order valence-electron chi connectivity index (χ0n) is 17.2. The normalized spacial score (nSPS) is 15.7. The van der Waals surface area contributed by atoms with Gasteiger partial charge in [0, 0.05) is 30.3 Å². The molecule has 4 rings (SSSR count). The number of urea groups is 1. The molecular formula is C22H19ClF2N4O3S. The Balaban J connectivity index is 1.49. The van der Waals surface area contributed by atoms with Gasteiger partial charge in [0.2, 0.25) is 0 Å². The molecule has 1 aliphatic heterocycles. The Morgan fingerprint density at radius 3 is 2.76 bits per heavy atom. The fourth-order valence-corrected chi connectivity index (χ4v) is 5.14. The summed E-state index contributed by atoms with van der Waals surface area (Å²) in [6, 6.07) is 7.01. The van der Waals surface area contributed by atoms with Crippen LogP contribution in [-0.2, 0) is 11.2 Å². The summed E-state index contributed by atoms with van der Waals surface area (Å²) >= 11 is 7.10. The van der Waals surface area contributed by atoms with E-state index in [1.165, 1.54) is 47.1 Å². The summed E-state index contributed by atoms with van der Waals surface area (Å²) in [7, 11) is 0. The van der Waals surface area contributed by atoms with Crippen molar-refractivity contribution in [3.05, 3.63) is 64.8 Å². The molecule has 1 aromatic heterocycles. The third-order valence-electron chi connectivity index (χ3n) is 5.35. The van der Waals surface area contributed by atoms with Gasteiger partial charge in [-0.2, -0.15) is 0 Å². The lowest BCUT2D eigenvalue weighted by Gasteiger charge is -2.23. The maximum Gasteiger partial charge on any atom is 0.323 e. The molecule has 0 aliphatic carbocycles. The van der Waals surface area contributed by atoms with E-state index in [-0.39, 0.29) is 29.3 Å². The van der Waals surface area contributed by atoms with Crippen LogP contribution in [0.5, 0.6) is 0 Å². The third kappa shape index (κ3) is 4.67. The number of primary amides is 1. The molecule has 0 bridgehead atoms. The quantitative estimate of drug-likeness (QED) is 0.543. The number of aryl methyl sites for hydroxylation is 1. The first-order valence-corrected chi connectivity index (χ1v) is 11.4. The number of nitrogens with zero attached hydrogens (tertiary/aromatic N) is 2. The van der Waals surface area contributed by atoms with Crippen LogP contribution in [-0.4, -0.2) is 45.0 Å². The minimum absolute atomic E-state index is 0.0113. The first-order valence-electron chi connectivity index (χ1n) is 10.0. The van der Waals surface area contributed by atoms with Gasteiger partial charge in [-0.1, -0.05) is 23.7 Å². The molecule has 1 saturated heterocycles. The number of carbonyl (C=O) groups excluding carboxylic acids is 3. The van der Waals surface area contributed by atoms with Crippen molar-refractivity contribution >= 4 is 57.8 Å². The lowest BCUT2D eigenvalue weighted by atomic mass is 10.1. The Bertz CT molecular complexity index is 1270. The van der Waals surface area contributed by atoms with Gasteiger partial charge in [-0.25, -0.2) is 18.4 Å². The highest BCUT2D eigenvalue weighted by atomic mass is 35.5. The van der Waals surface area contributed by atoms with E-state index in [9.17, 15) is 23.2 Å². The van der Waals surface area contributed by atoms with E-state index in [0.29, 0.717) is 28.8 Å². The molecule has 3 aromatic rings. The highest BCUT2D eigenvalue weighted by Crippen LogP contribution is 2.30. The highest BCUT2D eigenvalue weighted by Gasteiger charge is 2.35. The highest BCUT2D eigenvalue weighted by molar-refractivity contribution is 8.00. The van der Waals surface area contributed by atoms with Crippen molar-refractivity contribution in [2.75, 3.05) is 17.6 Å². The topological polar surface area (TPSA) is 97.4 Å². The number of rotatable bonds is 5. The third-order valence-corrected chi connectivity index (χ3v) is 6.89. The minimum atomic E-state index is -0.787. The van der Waals surface area contributed by atoms with Crippen LogP contribution < -0.4 is 11.1 Å². The van der Waals surface area contributed by atoms with Gasteiger partial charge in [0.1, 0.15) is 17.0 Å². The summed E-state index contributed by atoms with van der Waals surface area (Å²) in [6.45, 7) is 0.321. The number of halogens is 3. The van der Waals surface area contributed by atoms with Gasteiger partial charge < -0.3 is 16.0 Å². The molecule has 0 spiro atoms. The molecule has 0 radical (unpaired) electrons. The molecular weight excluding hydrogens is 474 g/mol. The molecule has 2 heterocycles. The van der Waals surface area contributed by atoms with Gasteiger partial charge in [0.05, 0.1) is 16.2 Å². The molecule has 172 valence electrons. The maximum atomic E-state index is 14.1. The lowest BCUT2D eigenvalue weighted by molar-refractivity contribution is -0.120. The van der Waals surface area contributed by atoms with Crippen LogP contribution in [0.4, 0.5) is 24.1 Å². The van der Waals surface area contributed by atoms with Crippen molar-refractivity contribution in [2.45, 2.75) is 18.2 Å². The number of benzene rings is 2. The van der Waals surface area contributed by atoms with E-state index in [0.717, 1.165) is 4.57 Å². The van der Waals surface area contributed by atoms with E-state index < -0.39 is 29.1 Å². The number of anilines is 1. The average molecular weight is 493 g/mol. The molecule has 1 fully saturated rings. The summed E-state index contributed by atoms with van der Waals surface area (Å²) < 4.78 is 29.0. The second-order valence-corrected chi connectivity index (χ2v) is 9.03. The zero-order chi connectivity index (χ0) is 23.7. The molecule has 7 nitrogen and oxygen atoms in total. The Kier molecular flexibility index (Phi) is 6.57. The summed E-state index contributed by atoms with van der Waals surface area (Å²) in [5.74, 6) is -0.776. The standard InChI is InChI=1S/C22H19ClF2N4O3S/c23-15-3-1-2-12(19(15)25)4-7-18(30)20-28(8-9-33-20)22(32)27-16-11-29(21(26)31)17-6-5-13(24)10-14(16)17/h1-3,5-6,10-11,20H,4,7-9H2,(H2,26,31)(H,27,32)/t20-/m0/s1. The fourth-order valence-electron chi connectivity index (χ4n) is 3.74. The number of nitrogens with one attached hydrogen (secondary N) is 1. The van der Waals surface area contributed by atoms with Crippen molar-refractivity contribution in [3.63, 3.8) is 0 Å². The van der Waals surface area contributed by atoms with Crippen molar-refractivity contribution in [3.8, 4) is 0 Å². The van der Waals surface area contributed by atoms with E-state index in [1.807, 2.05) is 0 Å². The van der Waals surface area contributed by atoms with Crippen LogP contribution in [0.25, 0.3) is 10.9 Å². The largest absolute Gasteiger partial charge is 0.351 e. The minimum Gasteiger partial charge on any atom is -0.351 e. The Hall–Kier alpha value is -3.11. The molecule has 11 heteroatoms. The molecule has 1 aliphatic rings. The number of carbonyl (C=O) groups is 3. The van der Waals surface area contributed by atoms with E-state index in [1.54, 1.807) is 12.1 Å². The first-order chi connectivity index (χ1) is 15.8. The number of thioether (sulfide) groups is 1. The van der Waals surface area contributed by atoms with Crippen LogP contribution >= 0.6 is 23.4 Å². The van der Waals surface area contributed by atoms with Crippen LogP contribution in [0.15, 0.2) is 42.6 Å². The smallest absolute Gasteiger partial charge is 0.323 e. The number of ketones is 1. The maximum absolute atomic E-state index is 14.1. The molecule has 3 N–H and O–H groups in total. The number of Topliss-reactive ketones (excluding diaryl/α,β-unsaturated/α-hetero) is 1. The fraction of sp³-hybridized carbons (Fsp3) is 0.227. The van der Waals surface area contributed by atoms with E-state index >= 15 is 0 Å². The summed E-state index contributed by atoms with van der Waals surface area (Å²) in [5, 5.41) is 2.20. The molecule has 1 atom stereocenters. The van der Waals surface area contributed by atoms with Crippen molar-refractivity contribution in [1.29, 1.82) is 0 Å². The number of amides is 3. The van der Waals surface area contributed by atoms with Crippen LogP contribution in [0.2, 0.25) is 5.02 Å². The molecule has 3 amide bonds. The Labute approximate surface area is 196 Å². The van der Waals surface area contributed by atoms with Gasteiger partial charge in [-0.15, -0.1) is 11.8 Å². The SMILES string of the molecule is NC(=O)n1cc(NC(=O)N2CCS[C@H]2C(=O)CCc2cccc(Cl)c2F)c2cc(F)ccc21.